The van der Waals surface area contributed by atoms with Gasteiger partial charge in [-0.25, -0.2) is 0 Å². The number of ether oxygens (including phenoxy) is 1. The molecule has 0 amide bonds. The first-order valence-corrected chi connectivity index (χ1v) is 4.48. The minimum absolute atomic E-state index is 0.0186. The molecule has 1 heterocycles. The summed E-state index contributed by atoms with van der Waals surface area (Å²) in [6, 6.07) is 0. The Balaban J connectivity index is 2.45. The van der Waals surface area contributed by atoms with Crippen LogP contribution < -0.4 is 0 Å². The van der Waals surface area contributed by atoms with Crippen molar-refractivity contribution >= 4 is 11.6 Å². The summed E-state index contributed by atoms with van der Waals surface area (Å²) in [4.78, 5) is 0. The maximum Gasteiger partial charge on any atom is 0.134 e. The summed E-state index contributed by atoms with van der Waals surface area (Å²) >= 11 is 5.93. The molecule has 1 nitrogen and oxygen atoms in total. The van der Waals surface area contributed by atoms with E-state index >= 15 is 0 Å². The van der Waals surface area contributed by atoms with Crippen LogP contribution in [0.5, 0.6) is 0 Å². The fourth-order valence-electron chi connectivity index (χ4n) is 1.62. The SMILES string of the molecule is CCC1COC(Cl)C1CC. The van der Waals surface area contributed by atoms with Crippen LogP contribution in [0.25, 0.3) is 0 Å². The van der Waals surface area contributed by atoms with Crippen molar-refractivity contribution in [3.63, 3.8) is 0 Å². The summed E-state index contributed by atoms with van der Waals surface area (Å²) < 4.78 is 5.33. The molecule has 0 N–H and O–H groups in total. The van der Waals surface area contributed by atoms with E-state index in [0.717, 1.165) is 13.0 Å². The summed E-state index contributed by atoms with van der Waals surface area (Å²) in [6.45, 7) is 5.24. The highest BCUT2D eigenvalue weighted by Crippen LogP contribution is 2.33. The number of alkyl halides is 1. The lowest BCUT2D eigenvalue weighted by Gasteiger charge is -2.14. The minimum atomic E-state index is -0.0186. The molecular weight excluding hydrogens is 148 g/mol. The Labute approximate surface area is 67.7 Å². The third-order valence-electron chi connectivity index (χ3n) is 2.41. The van der Waals surface area contributed by atoms with Gasteiger partial charge in [-0.1, -0.05) is 31.9 Å². The largest absolute Gasteiger partial charge is 0.362 e. The standard InChI is InChI=1S/C8H15ClO/c1-3-6-5-10-8(9)7(6)4-2/h6-8H,3-5H2,1-2H3. The van der Waals surface area contributed by atoms with Gasteiger partial charge in [0.25, 0.3) is 0 Å². The highest BCUT2D eigenvalue weighted by atomic mass is 35.5. The maximum absolute atomic E-state index is 5.93. The summed E-state index contributed by atoms with van der Waals surface area (Å²) in [5, 5.41) is 0. The summed E-state index contributed by atoms with van der Waals surface area (Å²) in [5.74, 6) is 1.29. The lowest BCUT2D eigenvalue weighted by molar-refractivity contribution is 0.149. The molecular formula is C8H15ClO. The fourth-order valence-corrected chi connectivity index (χ4v) is 2.07. The lowest BCUT2D eigenvalue weighted by Crippen LogP contribution is -2.14. The summed E-state index contributed by atoms with van der Waals surface area (Å²) in [5.41, 5.74) is -0.0186. The van der Waals surface area contributed by atoms with Crippen LogP contribution in [0.1, 0.15) is 26.7 Å². The Bertz CT molecular complexity index is 105. The molecule has 0 bridgehead atoms. The van der Waals surface area contributed by atoms with E-state index in [4.69, 9.17) is 16.3 Å². The third kappa shape index (κ3) is 1.46. The van der Waals surface area contributed by atoms with Crippen molar-refractivity contribution in [2.75, 3.05) is 6.61 Å². The second-order valence-electron chi connectivity index (χ2n) is 2.92. The Morgan fingerprint density at radius 1 is 1.40 bits per heavy atom. The zero-order valence-corrected chi connectivity index (χ0v) is 7.40. The molecule has 0 radical (unpaired) electrons. The number of hydrogen-bond acceptors (Lipinski definition) is 1. The monoisotopic (exact) mass is 162 g/mol. The second kappa shape index (κ2) is 3.59. The number of rotatable bonds is 2. The first-order valence-electron chi connectivity index (χ1n) is 4.05. The van der Waals surface area contributed by atoms with Crippen LogP contribution >= 0.6 is 11.6 Å². The molecule has 1 aliphatic rings. The summed E-state index contributed by atoms with van der Waals surface area (Å²) in [6.07, 6.45) is 2.34. The van der Waals surface area contributed by atoms with Crippen LogP contribution in [-0.4, -0.2) is 12.2 Å². The molecule has 0 aromatic heterocycles. The molecule has 3 atom stereocenters. The van der Waals surface area contributed by atoms with Crippen molar-refractivity contribution in [3.05, 3.63) is 0 Å². The van der Waals surface area contributed by atoms with E-state index in [9.17, 15) is 0 Å². The third-order valence-corrected chi connectivity index (χ3v) is 2.86. The summed E-state index contributed by atoms with van der Waals surface area (Å²) in [7, 11) is 0. The van der Waals surface area contributed by atoms with Gasteiger partial charge in [-0.3, -0.25) is 0 Å². The van der Waals surface area contributed by atoms with Gasteiger partial charge < -0.3 is 4.74 Å². The Kier molecular flexibility index (Phi) is 2.99. The number of hydrogen-bond donors (Lipinski definition) is 0. The molecule has 0 aliphatic carbocycles. The Hall–Kier alpha value is 0.250. The molecule has 0 spiro atoms. The van der Waals surface area contributed by atoms with Crippen molar-refractivity contribution in [1.29, 1.82) is 0 Å². The average molecular weight is 163 g/mol. The highest BCUT2D eigenvalue weighted by Gasteiger charge is 2.32. The quantitative estimate of drug-likeness (QED) is 0.568. The molecule has 1 aliphatic heterocycles. The van der Waals surface area contributed by atoms with E-state index in [2.05, 4.69) is 13.8 Å². The van der Waals surface area contributed by atoms with Gasteiger partial charge in [0.1, 0.15) is 5.56 Å². The van der Waals surface area contributed by atoms with Crippen LogP contribution in [0.15, 0.2) is 0 Å². The van der Waals surface area contributed by atoms with Crippen LogP contribution in [0.3, 0.4) is 0 Å². The van der Waals surface area contributed by atoms with Gasteiger partial charge in [0, 0.05) is 5.92 Å². The maximum atomic E-state index is 5.93. The molecule has 1 rings (SSSR count). The zero-order chi connectivity index (χ0) is 7.56. The second-order valence-corrected chi connectivity index (χ2v) is 3.36. The highest BCUT2D eigenvalue weighted by molar-refractivity contribution is 6.20. The first-order chi connectivity index (χ1) is 4.79. The molecule has 0 aromatic carbocycles. The molecule has 1 fully saturated rings. The molecule has 10 heavy (non-hydrogen) atoms. The van der Waals surface area contributed by atoms with E-state index in [0.29, 0.717) is 11.8 Å². The molecule has 0 saturated carbocycles. The van der Waals surface area contributed by atoms with Gasteiger partial charge in [0.05, 0.1) is 6.61 Å². The van der Waals surface area contributed by atoms with E-state index < -0.39 is 0 Å². The minimum Gasteiger partial charge on any atom is -0.362 e. The van der Waals surface area contributed by atoms with Crippen LogP contribution in [-0.2, 0) is 4.74 Å². The van der Waals surface area contributed by atoms with E-state index in [-0.39, 0.29) is 5.56 Å². The first kappa shape index (κ1) is 8.35. The van der Waals surface area contributed by atoms with Crippen molar-refractivity contribution in [2.24, 2.45) is 11.8 Å². The molecule has 0 aromatic rings. The van der Waals surface area contributed by atoms with Gasteiger partial charge in [0.15, 0.2) is 0 Å². The van der Waals surface area contributed by atoms with Crippen LogP contribution in [0.2, 0.25) is 0 Å². The molecule has 2 heteroatoms. The normalized spacial score (nSPS) is 40.5. The fraction of sp³-hybridized carbons (Fsp3) is 1.00. The number of halogens is 1. The topological polar surface area (TPSA) is 9.23 Å². The van der Waals surface area contributed by atoms with Gasteiger partial charge in [-0.2, -0.15) is 0 Å². The predicted molar refractivity (Wildman–Crippen MR) is 43.2 cm³/mol. The van der Waals surface area contributed by atoms with Crippen LogP contribution in [0.4, 0.5) is 0 Å². The van der Waals surface area contributed by atoms with Gasteiger partial charge in [-0.15, -0.1) is 0 Å². The van der Waals surface area contributed by atoms with Gasteiger partial charge >= 0.3 is 0 Å². The van der Waals surface area contributed by atoms with Crippen molar-refractivity contribution in [3.8, 4) is 0 Å². The van der Waals surface area contributed by atoms with Crippen LogP contribution in [0, 0.1) is 11.8 Å². The van der Waals surface area contributed by atoms with E-state index in [1.807, 2.05) is 0 Å². The lowest BCUT2D eigenvalue weighted by atomic mass is 9.91. The van der Waals surface area contributed by atoms with Crippen molar-refractivity contribution < 1.29 is 4.74 Å². The van der Waals surface area contributed by atoms with Gasteiger partial charge in [-0.05, 0) is 12.3 Å². The predicted octanol–water partition coefficient (Wildman–Crippen LogP) is 2.63. The van der Waals surface area contributed by atoms with Crippen molar-refractivity contribution in [1.82, 2.24) is 0 Å². The molecule has 1 saturated heterocycles. The molecule has 60 valence electrons. The smallest absolute Gasteiger partial charge is 0.134 e. The van der Waals surface area contributed by atoms with Gasteiger partial charge in [0.2, 0.25) is 0 Å². The van der Waals surface area contributed by atoms with E-state index in [1.165, 1.54) is 6.42 Å². The molecule has 3 unspecified atom stereocenters. The van der Waals surface area contributed by atoms with E-state index in [1.54, 1.807) is 0 Å². The average Bonchev–Trinajstić information content (AvgIpc) is 2.30. The zero-order valence-electron chi connectivity index (χ0n) is 6.64. The Morgan fingerprint density at radius 3 is 2.50 bits per heavy atom. The van der Waals surface area contributed by atoms with Crippen molar-refractivity contribution in [2.45, 2.75) is 32.3 Å². The Morgan fingerprint density at radius 2 is 2.10 bits per heavy atom.